The number of halogens is 1. The molecule has 0 bridgehead atoms. The predicted molar refractivity (Wildman–Crippen MR) is 85.1 cm³/mol. The quantitative estimate of drug-likeness (QED) is 0.679. The van der Waals surface area contributed by atoms with Crippen LogP contribution in [0.15, 0.2) is 23.1 Å². The molecule has 0 aliphatic rings. The molecule has 0 saturated heterocycles. The van der Waals surface area contributed by atoms with Gasteiger partial charge in [-0.25, -0.2) is 13.1 Å². The van der Waals surface area contributed by atoms with E-state index < -0.39 is 10.0 Å². The number of sulfonamides is 1. The Morgan fingerprint density at radius 2 is 2.10 bits per heavy atom. The topological polar surface area (TPSA) is 67.4 Å². The lowest BCUT2D eigenvalue weighted by molar-refractivity contribution is 0.180. The average molecular weight is 335 g/mol. The van der Waals surface area contributed by atoms with Crippen LogP contribution in [-0.4, -0.2) is 34.7 Å². The summed E-state index contributed by atoms with van der Waals surface area (Å²) in [7, 11) is -2.05. The summed E-state index contributed by atoms with van der Waals surface area (Å²) in [6.45, 7) is 5.65. The predicted octanol–water partition coefficient (Wildman–Crippen LogP) is 2.15. The zero-order valence-corrected chi connectivity index (χ0v) is 14.2. The van der Waals surface area contributed by atoms with Gasteiger partial charge in [-0.3, -0.25) is 0 Å². The van der Waals surface area contributed by atoms with Crippen molar-refractivity contribution < 1.29 is 13.2 Å². The van der Waals surface area contributed by atoms with Gasteiger partial charge in [-0.05, 0) is 37.6 Å². The van der Waals surface area contributed by atoms with Crippen LogP contribution < -0.4 is 10.0 Å². The van der Waals surface area contributed by atoms with Crippen LogP contribution in [-0.2, 0) is 21.3 Å². The van der Waals surface area contributed by atoms with Gasteiger partial charge in [-0.15, -0.1) is 0 Å². The molecule has 5 nitrogen and oxygen atoms in total. The Morgan fingerprint density at radius 1 is 1.38 bits per heavy atom. The molecule has 120 valence electrons. The van der Waals surface area contributed by atoms with E-state index >= 15 is 0 Å². The van der Waals surface area contributed by atoms with Crippen molar-refractivity contribution in [3.05, 3.63) is 28.8 Å². The number of ether oxygens (including phenoxy) is 1. The molecule has 1 unspecified atom stereocenters. The molecule has 1 aromatic carbocycles. The van der Waals surface area contributed by atoms with Gasteiger partial charge in [-0.2, -0.15) is 0 Å². The molecule has 0 fully saturated rings. The zero-order chi connectivity index (χ0) is 15.9. The van der Waals surface area contributed by atoms with Crippen LogP contribution in [0.5, 0.6) is 0 Å². The third-order valence-corrected chi connectivity index (χ3v) is 4.79. The Bertz CT molecular complexity index is 549. The van der Waals surface area contributed by atoms with E-state index in [4.69, 9.17) is 16.3 Å². The van der Waals surface area contributed by atoms with Gasteiger partial charge in [0.25, 0.3) is 0 Å². The molecule has 0 aliphatic carbocycles. The third-order valence-electron chi connectivity index (χ3n) is 2.85. The smallest absolute Gasteiger partial charge is 0.240 e. The van der Waals surface area contributed by atoms with Gasteiger partial charge in [0.05, 0.1) is 11.5 Å². The summed E-state index contributed by atoms with van der Waals surface area (Å²) in [5, 5.41) is 3.68. The summed E-state index contributed by atoms with van der Waals surface area (Å²) in [5.74, 6) is 0. The minimum absolute atomic E-state index is 0.162. The summed E-state index contributed by atoms with van der Waals surface area (Å²) in [6, 6.07) is 4.48. The average Bonchev–Trinajstić information content (AvgIpc) is 2.40. The van der Waals surface area contributed by atoms with Crippen LogP contribution in [0.3, 0.4) is 0 Å². The second-order valence-electron chi connectivity index (χ2n) is 4.91. The lowest BCUT2D eigenvalue weighted by Gasteiger charge is -2.14. The number of hydrogen-bond donors (Lipinski definition) is 2. The van der Waals surface area contributed by atoms with Crippen molar-refractivity contribution in [1.82, 2.24) is 10.0 Å². The molecule has 2 N–H and O–H groups in total. The van der Waals surface area contributed by atoms with E-state index in [9.17, 15) is 8.42 Å². The number of benzene rings is 1. The maximum absolute atomic E-state index is 12.2. The molecule has 0 heterocycles. The fraction of sp³-hybridized carbons (Fsp3) is 0.571. The van der Waals surface area contributed by atoms with Crippen LogP contribution in [0.4, 0.5) is 0 Å². The summed E-state index contributed by atoms with van der Waals surface area (Å²) >= 11 is 6.16. The highest BCUT2D eigenvalue weighted by molar-refractivity contribution is 7.89. The van der Waals surface area contributed by atoms with Crippen molar-refractivity contribution >= 4 is 21.6 Å². The van der Waals surface area contributed by atoms with Crippen molar-refractivity contribution in [2.24, 2.45) is 0 Å². The monoisotopic (exact) mass is 334 g/mol. The highest BCUT2D eigenvalue weighted by Crippen LogP contribution is 2.21. The Labute approximate surface area is 132 Å². The van der Waals surface area contributed by atoms with Crippen LogP contribution in [0.2, 0.25) is 5.02 Å². The van der Waals surface area contributed by atoms with E-state index in [0.29, 0.717) is 18.2 Å². The molecule has 7 heteroatoms. The normalized spacial score (nSPS) is 13.3. The first-order valence-corrected chi connectivity index (χ1v) is 8.77. The number of nitrogens with one attached hydrogen (secondary N) is 2. The van der Waals surface area contributed by atoms with E-state index in [0.717, 1.165) is 18.5 Å². The van der Waals surface area contributed by atoms with Gasteiger partial charge in [-0.1, -0.05) is 24.6 Å². The maximum atomic E-state index is 12.2. The van der Waals surface area contributed by atoms with Gasteiger partial charge in [0, 0.05) is 24.7 Å². The molecule has 21 heavy (non-hydrogen) atoms. The standard InChI is InChI=1S/C14H23ClN2O3S/c1-4-7-16-9-12-5-6-13(8-14(12)15)21(18,19)17-11(2)10-20-3/h5-6,8,11,16-17H,4,7,9-10H2,1-3H3. The van der Waals surface area contributed by atoms with Crippen LogP contribution in [0, 0.1) is 0 Å². The van der Waals surface area contributed by atoms with Gasteiger partial charge in [0.15, 0.2) is 0 Å². The van der Waals surface area contributed by atoms with Crippen LogP contribution in [0.1, 0.15) is 25.8 Å². The second kappa shape index (κ2) is 8.70. The molecule has 0 aliphatic heterocycles. The minimum atomic E-state index is -3.58. The molecule has 0 aromatic heterocycles. The number of rotatable bonds is 9. The highest BCUT2D eigenvalue weighted by atomic mass is 35.5. The van der Waals surface area contributed by atoms with E-state index in [1.165, 1.54) is 13.2 Å². The van der Waals surface area contributed by atoms with Gasteiger partial charge >= 0.3 is 0 Å². The Hall–Kier alpha value is -0.660. The van der Waals surface area contributed by atoms with Crippen LogP contribution >= 0.6 is 11.6 Å². The van der Waals surface area contributed by atoms with E-state index in [2.05, 4.69) is 17.0 Å². The van der Waals surface area contributed by atoms with Crippen molar-refractivity contribution in [3.8, 4) is 0 Å². The molecule has 1 aromatic rings. The molecular weight excluding hydrogens is 312 g/mol. The van der Waals surface area contributed by atoms with Crippen molar-refractivity contribution in [2.75, 3.05) is 20.3 Å². The largest absolute Gasteiger partial charge is 0.383 e. The minimum Gasteiger partial charge on any atom is -0.383 e. The fourth-order valence-corrected chi connectivity index (χ4v) is 3.42. The van der Waals surface area contributed by atoms with E-state index in [-0.39, 0.29) is 10.9 Å². The van der Waals surface area contributed by atoms with E-state index in [1.807, 2.05) is 0 Å². The first kappa shape index (κ1) is 18.4. The van der Waals surface area contributed by atoms with Gasteiger partial charge < -0.3 is 10.1 Å². The van der Waals surface area contributed by atoms with Crippen LogP contribution in [0.25, 0.3) is 0 Å². The Kier molecular flexibility index (Phi) is 7.62. The molecule has 0 radical (unpaired) electrons. The zero-order valence-electron chi connectivity index (χ0n) is 12.6. The molecule has 1 rings (SSSR count). The molecule has 0 saturated carbocycles. The highest BCUT2D eigenvalue weighted by Gasteiger charge is 2.18. The van der Waals surface area contributed by atoms with E-state index in [1.54, 1.807) is 19.1 Å². The first-order valence-electron chi connectivity index (χ1n) is 6.91. The summed E-state index contributed by atoms with van der Waals surface area (Å²) in [4.78, 5) is 0.162. The first-order chi connectivity index (χ1) is 9.90. The second-order valence-corrected chi connectivity index (χ2v) is 7.03. The SMILES string of the molecule is CCCNCc1ccc(S(=O)(=O)NC(C)COC)cc1Cl. The summed E-state index contributed by atoms with van der Waals surface area (Å²) in [5.41, 5.74) is 0.883. The number of methoxy groups -OCH3 is 1. The maximum Gasteiger partial charge on any atom is 0.240 e. The molecule has 0 spiro atoms. The lowest BCUT2D eigenvalue weighted by Crippen LogP contribution is -2.35. The van der Waals surface area contributed by atoms with Gasteiger partial charge in [0.2, 0.25) is 10.0 Å². The summed E-state index contributed by atoms with van der Waals surface area (Å²) < 4.78 is 31.9. The molecule has 1 atom stereocenters. The summed E-state index contributed by atoms with van der Waals surface area (Å²) in [6.07, 6.45) is 1.03. The van der Waals surface area contributed by atoms with Crippen molar-refractivity contribution in [2.45, 2.75) is 37.8 Å². The van der Waals surface area contributed by atoms with Gasteiger partial charge in [0.1, 0.15) is 0 Å². The molecular formula is C14H23ClN2O3S. The van der Waals surface area contributed by atoms with Crippen molar-refractivity contribution in [1.29, 1.82) is 0 Å². The Morgan fingerprint density at radius 3 is 2.67 bits per heavy atom. The fourth-order valence-electron chi connectivity index (χ4n) is 1.86. The number of hydrogen-bond acceptors (Lipinski definition) is 4. The Balaban J connectivity index is 2.82. The van der Waals surface area contributed by atoms with Crippen molar-refractivity contribution in [3.63, 3.8) is 0 Å². The molecule has 0 amide bonds. The lowest BCUT2D eigenvalue weighted by atomic mass is 10.2. The third kappa shape index (κ3) is 5.92.